The van der Waals surface area contributed by atoms with Crippen LogP contribution < -0.4 is 15.2 Å². The molecule has 3 aromatic carbocycles. The number of halogens is 3. The molecular formula is C25H19F3O3S. The van der Waals surface area contributed by atoms with E-state index in [4.69, 9.17) is 0 Å². The summed E-state index contributed by atoms with van der Waals surface area (Å²) in [6.07, 6.45) is 0.948. The molecule has 0 aromatic heterocycles. The summed E-state index contributed by atoms with van der Waals surface area (Å²) in [5.41, 5.74) is 4.60. The number of sulfone groups is 1. The fourth-order valence-electron chi connectivity index (χ4n) is 4.54. The first-order valence-corrected chi connectivity index (χ1v) is 11.8. The maximum Gasteiger partial charge on any atom is 0.573 e. The summed E-state index contributed by atoms with van der Waals surface area (Å²) in [7, 11) is -3.76. The summed E-state index contributed by atoms with van der Waals surface area (Å²) in [4.78, 5) is -0.0177. The van der Waals surface area contributed by atoms with Gasteiger partial charge in [0.1, 0.15) is 5.75 Å². The molecule has 0 spiro atoms. The first-order valence-electron chi connectivity index (χ1n) is 10.2. The van der Waals surface area contributed by atoms with Crippen LogP contribution in [-0.4, -0.2) is 20.0 Å². The van der Waals surface area contributed by atoms with Crippen LogP contribution in [-0.2, 0) is 22.7 Å². The molecule has 0 heterocycles. The fourth-order valence-corrected chi connectivity index (χ4v) is 6.15. The standard InChI is InChI=1S/C25H19F3O3S/c26-25(27,28)31-18-8-11-19(12-9-18)32(29,30)20-10-5-17-7-13-22-21-4-2-1-3-16(21)6-14-23(22)24(17)15-20/h1-4,7-9,11-15,20H,5-6,10H2. The highest BCUT2D eigenvalue weighted by Gasteiger charge is 2.32. The third kappa shape index (κ3) is 3.71. The second-order valence-electron chi connectivity index (χ2n) is 7.97. The summed E-state index contributed by atoms with van der Waals surface area (Å²) >= 11 is 0. The van der Waals surface area contributed by atoms with E-state index in [1.54, 1.807) is 6.08 Å². The van der Waals surface area contributed by atoms with Crippen molar-refractivity contribution in [3.8, 4) is 16.9 Å². The second-order valence-corrected chi connectivity index (χ2v) is 10.1. The van der Waals surface area contributed by atoms with Gasteiger partial charge in [0, 0.05) is 0 Å². The molecule has 32 heavy (non-hydrogen) atoms. The molecule has 0 saturated heterocycles. The molecule has 5 rings (SSSR count). The highest BCUT2D eigenvalue weighted by Crippen LogP contribution is 2.29. The SMILES string of the molecule is O=S(=O)(c1ccc(OC(F)(F)F)cc1)C1C=c2c(ccc3c2=CCc2ccccc2-3)CC1. The molecule has 2 aliphatic carbocycles. The molecule has 164 valence electrons. The predicted molar refractivity (Wildman–Crippen MR) is 116 cm³/mol. The van der Waals surface area contributed by atoms with Gasteiger partial charge in [0.2, 0.25) is 0 Å². The van der Waals surface area contributed by atoms with Crippen molar-refractivity contribution in [3.63, 3.8) is 0 Å². The summed E-state index contributed by atoms with van der Waals surface area (Å²) in [5, 5.41) is 1.24. The monoisotopic (exact) mass is 456 g/mol. The number of benzene rings is 3. The minimum absolute atomic E-state index is 0.0177. The van der Waals surface area contributed by atoms with Gasteiger partial charge in [-0.3, -0.25) is 0 Å². The van der Waals surface area contributed by atoms with Crippen molar-refractivity contribution in [2.24, 2.45) is 0 Å². The Labute approximate surface area is 183 Å². The third-order valence-electron chi connectivity index (χ3n) is 6.05. The van der Waals surface area contributed by atoms with Gasteiger partial charge >= 0.3 is 6.36 Å². The molecule has 3 nitrogen and oxygen atoms in total. The average Bonchev–Trinajstić information content (AvgIpc) is 2.77. The van der Waals surface area contributed by atoms with Crippen LogP contribution in [0.5, 0.6) is 5.75 Å². The summed E-state index contributed by atoms with van der Waals surface area (Å²) < 4.78 is 67.5. The number of fused-ring (bicyclic) bond motifs is 5. The zero-order chi connectivity index (χ0) is 22.5. The van der Waals surface area contributed by atoms with Crippen LogP contribution in [0, 0.1) is 0 Å². The molecule has 1 unspecified atom stereocenters. The van der Waals surface area contributed by atoms with Crippen LogP contribution in [0.15, 0.2) is 65.6 Å². The van der Waals surface area contributed by atoms with Gasteiger partial charge in [0.05, 0.1) is 10.1 Å². The second kappa shape index (κ2) is 7.52. The fraction of sp³-hybridized carbons (Fsp3) is 0.200. The van der Waals surface area contributed by atoms with Gasteiger partial charge in [-0.1, -0.05) is 48.6 Å². The van der Waals surface area contributed by atoms with E-state index in [-0.39, 0.29) is 4.90 Å². The first kappa shape index (κ1) is 20.8. The van der Waals surface area contributed by atoms with Crippen LogP contribution in [0.2, 0.25) is 0 Å². The summed E-state index contributed by atoms with van der Waals surface area (Å²) in [5.74, 6) is -0.447. The number of rotatable bonds is 3. The van der Waals surface area contributed by atoms with Crippen LogP contribution in [0.1, 0.15) is 17.5 Å². The first-order chi connectivity index (χ1) is 15.2. The Bertz CT molecular complexity index is 1420. The zero-order valence-electron chi connectivity index (χ0n) is 16.9. The van der Waals surface area contributed by atoms with Gasteiger partial charge in [-0.15, -0.1) is 13.2 Å². The Hall–Kier alpha value is -3.06. The van der Waals surface area contributed by atoms with E-state index in [1.165, 1.54) is 17.7 Å². The lowest BCUT2D eigenvalue weighted by molar-refractivity contribution is -0.274. The van der Waals surface area contributed by atoms with Crippen molar-refractivity contribution in [1.82, 2.24) is 0 Å². The Morgan fingerprint density at radius 2 is 1.59 bits per heavy atom. The van der Waals surface area contributed by atoms with Gasteiger partial charge < -0.3 is 4.74 Å². The lowest BCUT2D eigenvalue weighted by Gasteiger charge is -2.22. The van der Waals surface area contributed by atoms with E-state index in [9.17, 15) is 21.6 Å². The van der Waals surface area contributed by atoms with Crippen molar-refractivity contribution < 1.29 is 26.3 Å². The zero-order valence-corrected chi connectivity index (χ0v) is 17.7. The van der Waals surface area contributed by atoms with Crippen molar-refractivity contribution >= 4 is 22.0 Å². The van der Waals surface area contributed by atoms with E-state index in [1.807, 2.05) is 12.1 Å². The lowest BCUT2D eigenvalue weighted by atomic mass is 9.87. The molecule has 1 atom stereocenters. The number of alkyl halides is 3. The molecule has 7 heteroatoms. The normalized spacial score (nSPS) is 17.3. The van der Waals surface area contributed by atoms with Crippen LogP contribution >= 0.6 is 0 Å². The molecule has 0 saturated carbocycles. The molecule has 3 aromatic rings. The number of hydrogen-bond donors (Lipinski definition) is 0. The van der Waals surface area contributed by atoms with Gasteiger partial charge in [-0.05, 0) is 76.2 Å². The Kier molecular flexibility index (Phi) is 4.89. The largest absolute Gasteiger partial charge is 0.573 e. The molecular weight excluding hydrogens is 437 g/mol. The van der Waals surface area contributed by atoms with Gasteiger partial charge in [-0.25, -0.2) is 8.42 Å². The maximum atomic E-state index is 13.3. The Morgan fingerprint density at radius 1 is 0.844 bits per heavy atom. The van der Waals surface area contributed by atoms with Crippen LogP contribution in [0.3, 0.4) is 0 Å². The molecule has 0 radical (unpaired) electrons. The molecule has 0 N–H and O–H groups in total. The smallest absolute Gasteiger partial charge is 0.406 e. The Morgan fingerprint density at radius 3 is 2.34 bits per heavy atom. The topological polar surface area (TPSA) is 43.4 Å². The highest BCUT2D eigenvalue weighted by molar-refractivity contribution is 7.92. The third-order valence-corrected chi connectivity index (χ3v) is 8.14. The molecule has 0 bridgehead atoms. The van der Waals surface area contributed by atoms with E-state index in [2.05, 4.69) is 35.1 Å². The van der Waals surface area contributed by atoms with Gasteiger partial charge in [-0.2, -0.15) is 0 Å². The van der Waals surface area contributed by atoms with Gasteiger partial charge in [0.25, 0.3) is 0 Å². The molecule has 2 aliphatic rings. The number of ether oxygens (including phenoxy) is 1. The maximum absolute atomic E-state index is 13.3. The van der Waals surface area contributed by atoms with Crippen molar-refractivity contribution in [2.45, 2.75) is 35.8 Å². The Balaban J connectivity index is 1.55. The quantitative estimate of drug-likeness (QED) is 0.595. The summed E-state index contributed by atoms with van der Waals surface area (Å²) in [6, 6.07) is 16.7. The minimum Gasteiger partial charge on any atom is -0.406 e. The summed E-state index contributed by atoms with van der Waals surface area (Å²) in [6.45, 7) is 0. The predicted octanol–water partition coefficient (Wildman–Crippen LogP) is 4.16. The van der Waals surface area contributed by atoms with Crippen LogP contribution in [0.4, 0.5) is 13.2 Å². The van der Waals surface area contributed by atoms with E-state index < -0.39 is 27.2 Å². The van der Waals surface area contributed by atoms with E-state index in [0.717, 1.165) is 45.7 Å². The van der Waals surface area contributed by atoms with Crippen molar-refractivity contribution in [1.29, 1.82) is 0 Å². The number of hydrogen-bond acceptors (Lipinski definition) is 3. The molecule has 0 amide bonds. The molecule has 0 aliphatic heterocycles. The van der Waals surface area contributed by atoms with Crippen LogP contribution in [0.25, 0.3) is 23.3 Å². The average molecular weight is 456 g/mol. The van der Waals surface area contributed by atoms with E-state index in [0.29, 0.717) is 12.8 Å². The lowest BCUT2D eigenvalue weighted by Crippen LogP contribution is -2.38. The van der Waals surface area contributed by atoms with Gasteiger partial charge in [0.15, 0.2) is 9.84 Å². The molecule has 0 fully saturated rings. The highest BCUT2D eigenvalue weighted by atomic mass is 32.2. The van der Waals surface area contributed by atoms with Crippen molar-refractivity contribution in [2.75, 3.05) is 0 Å². The number of aryl methyl sites for hydroxylation is 1. The van der Waals surface area contributed by atoms with E-state index >= 15 is 0 Å². The van der Waals surface area contributed by atoms with Crippen molar-refractivity contribution in [3.05, 3.63) is 82.2 Å². The minimum atomic E-state index is -4.82.